The maximum absolute atomic E-state index is 6.00. The largest absolute Gasteiger partial charge is 0.399 e. The predicted molar refractivity (Wildman–Crippen MR) is 130 cm³/mol. The van der Waals surface area contributed by atoms with E-state index in [4.69, 9.17) is 11.5 Å². The summed E-state index contributed by atoms with van der Waals surface area (Å²) in [5.41, 5.74) is 17.5. The summed E-state index contributed by atoms with van der Waals surface area (Å²) in [7, 11) is 0. The van der Waals surface area contributed by atoms with Gasteiger partial charge in [-0.15, -0.1) is 0 Å². The fourth-order valence-corrected chi connectivity index (χ4v) is 3.92. The first-order valence-electron chi connectivity index (χ1n) is 9.87. The fraction of sp³-hybridized carbons (Fsp3) is 0. The lowest BCUT2D eigenvalue weighted by Gasteiger charge is -2.19. The molecule has 0 radical (unpaired) electrons. The molecule has 0 saturated heterocycles. The number of hydrogen-bond acceptors (Lipinski definition) is 4. The highest BCUT2D eigenvalue weighted by molar-refractivity contribution is 6.20. The van der Waals surface area contributed by atoms with E-state index in [9.17, 15) is 0 Å². The minimum atomic E-state index is 0.730. The van der Waals surface area contributed by atoms with Crippen molar-refractivity contribution < 1.29 is 0 Å². The number of nitrogen functional groups attached to an aromatic ring is 2. The zero-order chi connectivity index (χ0) is 20.5. The van der Waals surface area contributed by atoms with Gasteiger partial charge in [-0.3, -0.25) is 0 Å². The summed E-state index contributed by atoms with van der Waals surface area (Å²) in [5.74, 6) is 0. The molecular formula is C26H22N4. The van der Waals surface area contributed by atoms with Gasteiger partial charge in [0, 0.05) is 44.3 Å². The molecule has 0 amide bonds. The second kappa shape index (κ2) is 7.33. The Labute approximate surface area is 175 Å². The van der Waals surface area contributed by atoms with E-state index < -0.39 is 0 Å². The molecular weight excluding hydrogens is 368 g/mol. The molecule has 0 aliphatic rings. The first-order valence-corrected chi connectivity index (χ1v) is 9.87. The van der Waals surface area contributed by atoms with Gasteiger partial charge in [0.25, 0.3) is 0 Å². The Morgan fingerprint density at radius 3 is 1.13 bits per heavy atom. The highest BCUT2D eigenvalue weighted by Gasteiger charge is 2.14. The summed E-state index contributed by atoms with van der Waals surface area (Å²) >= 11 is 0. The van der Waals surface area contributed by atoms with Crippen LogP contribution in [0, 0.1) is 0 Å². The summed E-state index contributed by atoms with van der Waals surface area (Å²) in [6.07, 6.45) is 0. The van der Waals surface area contributed by atoms with Crippen LogP contribution in [0.2, 0.25) is 0 Å². The molecule has 0 aliphatic carbocycles. The number of rotatable bonds is 4. The number of benzene rings is 5. The van der Waals surface area contributed by atoms with E-state index in [1.807, 2.05) is 48.5 Å². The molecule has 5 aromatic rings. The molecule has 0 unspecified atom stereocenters. The first kappa shape index (κ1) is 17.9. The number of nitrogens with two attached hydrogens (primary N) is 2. The van der Waals surface area contributed by atoms with Gasteiger partial charge in [0.2, 0.25) is 0 Å². The van der Waals surface area contributed by atoms with Crippen LogP contribution in [-0.2, 0) is 0 Å². The van der Waals surface area contributed by atoms with Gasteiger partial charge in [0.05, 0.1) is 11.4 Å². The van der Waals surface area contributed by atoms with Crippen LogP contribution < -0.4 is 22.1 Å². The molecule has 5 aromatic carbocycles. The fourth-order valence-electron chi connectivity index (χ4n) is 3.92. The quantitative estimate of drug-likeness (QED) is 0.157. The molecule has 0 spiro atoms. The number of fused-ring (bicyclic) bond motifs is 2. The number of hydrogen-bond donors (Lipinski definition) is 4. The van der Waals surface area contributed by atoms with Crippen molar-refractivity contribution in [1.82, 2.24) is 0 Å². The highest BCUT2D eigenvalue weighted by Crippen LogP contribution is 2.42. The van der Waals surface area contributed by atoms with Gasteiger partial charge in [-0.1, -0.05) is 60.7 Å². The Kier molecular flexibility index (Phi) is 4.37. The van der Waals surface area contributed by atoms with E-state index in [1.54, 1.807) is 0 Å². The normalized spacial score (nSPS) is 10.9. The third-order valence-corrected chi connectivity index (χ3v) is 5.24. The molecule has 0 heterocycles. The smallest absolute Gasteiger partial charge is 0.0545 e. The van der Waals surface area contributed by atoms with Gasteiger partial charge in [0.1, 0.15) is 0 Å². The minimum Gasteiger partial charge on any atom is -0.399 e. The van der Waals surface area contributed by atoms with Gasteiger partial charge in [-0.2, -0.15) is 0 Å². The molecule has 0 aromatic heterocycles. The Balaban J connectivity index is 1.76. The van der Waals surface area contributed by atoms with Gasteiger partial charge in [-0.05, 0) is 36.4 Å². The molecule has 6 N–H and O–H groups in total. The summed E-state index contributed by atoms with van der Waals surface area (Å²) in [6, 6.07) is 32.4. The molecule has 5 rings (SSSR count). The van der Waals surface area contributed by atoms with E-state index in [0.717, 1.165) is 55.7 Å². The van der Waals surface area contributed by atoms with Crippen LogP contribution in [0.1, 0.15) is 0 Å². The third kappa shape index (κ3) is 3.25. The molecule has 4 nitrogen and oxygen atoms in total. The van der Waals surface area contributed by atoms with Crippen molar-refractivity contribution in [2.75, 3.05) is 22.1 Å². The van der Waals surface area contributed by atoms with Crippen LogP contribution in [0.25, 0.3) is 21.5 Å². The maximum atomic E-state index is 6.00. The van der Waals surface area contributed by atoms with E-state index in [-0.39, 0.29) is 0 Å². The maximum Gasteiger partial charge on any atom is 0.0545 e. The summed E-state index contributed by atoms with van der Waals surface area (Å²) < 4.78 is 0. The standard InChI is InChI=1S/C26H22N4/c27-17-7-5-9-19(15-17)29-25-21-11-1-2-12-22(21)26(24-14-4-3-13-23(24)25)30-20-10-6-8-18(28)16-20/h1-16,29-30H,27-28H2. The van der Waals surface area contributed by atoms with Gasteiger partial charge >= 0.3 is 0 Å². The van der Waals surface area contributed by atoms with Crippen LogP contribution in [0.5, 0.6) is 0 Å². The first-order chi connectivity index (χ1) is 14.7. The molecule has 0 saturated carbocycles. The van der Waals surface area contributed by atoms with Gasteiger partial charge < -0.3 is 22.1 Å². The van der Waals surface area contributed by atoms with Crippen LogP contribution in [-0.4, -0.2) is 0 Å². The van der Waals surface area contributed by atoms with Crippen molar-refractivity contribution in [2.45, 2.75) is 0 Å². The van der Waals surface area contributed by atoms with Gasteiger partial charge in [0.15, 0.2) is 0 Å². The highest BCUT2D eigenvalue weighted by atomic mass is 14.9. The average Bonchev–Trinajstić information content (AvgIpc) is 2.76. The van der Waals surface area contributed by atoms with Crippen LogP contribution in [0.4, 0.5) is 34.1 Å². The SMILES string of the molecule is Nc1cccc(Nc2c3ccccc3c(Nc3cccc(N)c3)c3ccccc23)c1. The van der Waals surface area contributed by atoms with Crippen molar-refractivity contribution in [3.8, 4) is 0 Å². The van der Waals surface area contributed by atoms with E-state index >= 15 is 0 Å². The van der Waals surface area contributed by atoms with Crippen molar-refractivity contribution in [1.29, 1.82) is 0 Å². The molecule has 0 bridgehead atoms. The second-order valence-corrected chi connectivity index (χ2v) is 7.34. The number of nitrogens with one attached hydrogen (secondary N) is 2. The zero-order valence-electron chi connectivity index (χ0n) is 16.4. The Hall–Kier alpha value is -4.18. The molecule has 0 atom stereocenters. The van der Waals surface area contributed by atoms with E-state index in [2.05, 4.69) is 59.2 Å². The summed E-state index contributed by atoms with van der Waals surface area (Å²) in [4.78, 5) is 0. The Morgan fingerprint density at radius 2 is 0.800 bits per heavy atom. The zero-order valence-corrected chi connectivity index (χ0v) is 16.4. The van der Waals surface area contributed by atoms with Crippen LogP contribution >= 0.6 is 0 Å². The molecule has 0 aliphatic heterocycles. The minimum absolute atomic E-state index is 0.730. The molecule has 0 fully saturated rings. The van der Waals surface area contributed by atoms with Crippen molar-refractivity contribution >= 4 is 55.7 Å². The van der Waals surface area contributed by atoms with Crippen LogP contribution in [0.3, 0.4) is 0 Å². The lowest BCUT2D eigenvalue weighted by Crippen LogP contribution is -1.99. The van der Waals surface area contributed by atoms with Gasteiger partial charge in [-0.25, -0.2) is 0 Å². The van der Waals surface area contributed by atoms with Crippen molar-refractivity contribution in [2.24, 2.45) is 0 Å². The van der Waals surface area contributed by atoms with Crippen molar-refractivity contribution in [3.63, 3.8) is 0 Å². The average molecular weight is 390 g/mol. The van der Waals surface area contributed by atoms with E-state index in [1.165, 1.54) is 0 Å². The molecule has 4 heteroatoms. The molecule has 146 valence electrons. The lowest BCUT2D eigenvalue weighted by atomic mass is 9.97. The third-order valence-electron chi connectivity index (χ3n) is 5.24. The van der Waals surface area contributed by atoms with Crippen LogP contribution in [0.15, 0.2) is 97.1 Å². The lowest BCUT2D eigenvalue weighted by molar-refractivity contribution is 1.57. The predicted octanol–water partition coefficient (Wildman–Crippen LogP) is 6.64. The monoisotopic (exact) mass is 390 g/mol. The summed E-state index contributed by atoms with van der Waals surface area (Å²) in [5, 5.41) is 11.7. The van der Waals surface area contributed by atoms with E-state index in [0.29, 0.717) is 0 Å². The second-order valence-electron chi connectivity index (χ2n) is 7.34. The Bertz CT molecular complexity index is 1210. The topological polar surface area (TPSA) is 76.1 Å². The molecule has 30 heavy (non-hydrogen) atoms. The summed E-state index contributed by atoms with van der Waals surface area (Å²) in [6.45, 7) is 0. The Morgan fingerprint density at radius 1 is 0.433 bits per heavy atom. The number of anilines is 6. The van der Waals surface area contributed by atoms with Crippen molar-refractivity contribution in [3.05, 3.63) is 97.1 Å².